The molecule has 0 spiro atoms. The van der Waals surface area contributed by atoms with Crippen molar-refractivity contribution >= 4 is 6.08 Å². The van der Waals surface area contributed by atoms with Crippen molar-refractivity contribution in [3.8, 4) is 0 Å². The zero-order valence-corrected chi connectivity index (χ0v) is 10.4. The summed E-state index contributed by atoms with van der Waals surface area (Å²) < 4.78 is 19.6. The van der Waals surface area contributed by atoms with Crippen LogP contribution in [-0.2, 0) is 24.5 Å². The minimum absolute atomic E-state index is 1.13. The zero-order valence-electron chi connectivity index (χ0n) is 7.93. The van der Waals surface area contributed by atoms with E-state index in [4.69, 9.17) is 0 Å². The van der Waals surface area contributed by atoms with Gasteiger partial charge in [0.05, 0.1) is 0 Å². The topological polar surface area (TPSA) is 0 Å². The van der Waals surface area contributed by atoms with Crippen LogP contribution in [-0.4, -0.2) is 0 Å². The summed E-state index contributed by atoms with van der Waals surface area (Å²) in [5.41, 5.74) is 2.78. The molecule has 3 heteroatoms. The first kappa shape index (κ1) is 11.8. The molecule has 14 heavy (non-hydrogen) atoms. The second-order valence-corrected chi connectivity index (χ2v) is 3.22. The van der Waals surface area contributed by atoms with Gasteiger partial charge in [-0.05, 0) is 17.5 Å². The first-order valence-corrected chi connectivity index (χ1v) is 6.28. The van der Waals surface area contributed by atoms with E-state index in [1.54, 1.807) is 0 Å². The van der Waals surface area contributed by atoms with Gasteiger partial charge in [0.2, 0.25) is 0 Å². The fraction of sp³-hybridized carbons (Fsp3) is 0.182. The monoisotopic (exact) mass is 271 g/mol. The van der Waals surface area contributed by atoms with Crippen LogP contribution in [0.15, 0.2) is 30.3 Å². The zero-order chi connectivity index (χ0) is 10.4. The van der Waals surface area contributed by atoms with E-state index in [-0.39, 0.29) is 0 Å². The molecule has 1 radical (unpaired) electrons. The summed E-state index contributed by atoms with van der Waals surface area (Å²) in [5, 5.41) is 0. The van der Waals surface area contributed by atoms with Crippen molar-refractivity contribution in [3.05, 3.63) is 47.4 Å². The average Bonchev–Trinajstić information content (AvgIpc) is 2.62. The molecule has 0 saturated heterocycles. The molecule has 0 aromatic heterocycles. The van der Waals surface area contributed by atoms with E-state index in [1.807, 2.05) is 0 Å². The van der Waals surface area contributed by atoms with Crippen molar-refractivity contribution in [1.82, 2.24) is 0 Å². The maximum absolute atomic E-state index is 9.80. The molecule has 0 fully saturated rings. The predicted molar refractivity (Wildman–Crippen MR) is 50.3 cm³/mol. The van der Waals surface area contributed by atoms with Gasteiger partial charge in [-0.25, -0.2) is 0 Å². The molecule has 0 bridgehead atoms. The van der Waals surface area contributed by atoms with E-state index in [2.05, 4.69) is 43.3 Å². The molecule has 73 valence electrons. The van der Waals surface area contributed by atoms with Gasteiger partial charge in [0.15, 0.2) is 0 Å². The summed E-state index contributed by atoms with van der Waals surface area (Å²) in [6.07, 6.45) is 5.53. The van der Waals surface area contributed by atoms with E-state index in [9.17, 15) is 5.25 Å². The Hall–Kier alpha value is -0.297. The summed E-state index contributed by atoms with van der Waals surface area (Å²) in [5.74, 6) is 1.46. The van der Waals surface area contributed by atoms with Crippen molar-refractivity contribution in [2.24, 2.45) is 0 Å². The Labute approximate surface area is 96.4 Å². The molecule has 0 unspecified atom stereocenters. The molecule has 0 nitrogen and oxygen atoms in total. The van der Waals surface area contributed by atoms with Crippen LogP contribution >= 0.6 is 0 Å². The first-order valence-electron chi connectivity index (χ1n) is 4.43. The molecule has 0 amide bonds. The van der Waals surface area contributed by atoms with Gasteiger partial charge in [0, 0.05) is 5.92 Å². The van der Waals surface area contributed by atoms with Crippen molar-refractivity contribution < 1.29 is 29.7 Å². The third kappa shape index (κ3) is 2.85. The molecule has 0 saturated carbocycles. The Morgan fingerprint density at radius 3 is 2.43 bits per heavy atom. The quantitative estimate of drug-likeness (QED) is 0.728. The van der Waals surface area contributed by atoms with Crippen LogP contribution in [0.1, 0.15) is 24.5 Å². The van der Waals surface area contributed by atoms with E-state index < -0.39 is 24.5 Å². The fourth-order valence-electron chi connectivity index (χ4n) is 1.52. The van der Waals surface area contributed by atoms with E-state index in [0.29, 0.717) is 0 Å². The number of hydrogen-bond donors (Lipinski definition) is 0. The molecule has 1 aromatic rings. The Bertz CT molecular complexity index is 310. The van der Waals surface area contributed by atoms with Gasteiger partial charge in [-0.15, -0.1) is 0 Å². The number of allylic oxidation sites excluding steroid dienone is 1. The summed E-state index contributed by atoms with van der Waals surface area (Å²) in [6.45, 7) is 2.20. The van der Waals surface area contributed by atoms with E-state index in [0.717, 1.165) is 6.42 Å². The van der Waals surface area contributed by atoms with Crippen LogP contribution in [0.5, 0.6) is 0 Å². The van der Waals surface area contributed by atoms with Gasteiger partial charge >= 0.3 is 29.7 Å². The Morgan fingerprint density at radius 2 is 1.79 bits per heavy atom. The third-order valence-electron chi connectivity index (χ3n) is 2.15. The standard InChI is InChI=1S/C11H11.2FH.Zr/c1-2-9-7-8-10-5-3-4-6-11(9)10;;;/h3-8H,2H2,1H3;2*1H;/q;;;+2/p-2. The number of halogens is 2. The molecule has 0 heterocycles. The molecule has 2 rings (SSSR count). The second-order valence-electron chi connectivity index (χ2n) is 2.87. The van der Waals surface area contributed by atoms with Crippen LogP contribution in [0.3, 0.4) is 0 Å². The average molecular weight is 272 g/mol. The van der Waals surface area contributed by atoms with E-state index in [1.165, 1.54) is 17.0 Å². The molecule has 1 aliphatic rings. The van der Waals surface area contributed by atoms with Crippen molar-refractivity contribution in [2.75, 3.05) is 0 Å². The Kier molecular flexibility index (Phi) is 5.25. The third-order valence-corrected chi connectivity index (χ3v) is 2.15. The van der Waals surface area contributed by atoms with Gasteiger partial charge in [-0.3, -0.25) is 0 Å². The minimum atomic E-state index is -2.77. The van der Waals surface area contributed by atoms with Gasteiger partial charge in [0.1, 0.15) is 0 Å². The molecule has 0 N–H and O–H groups in total. The number of fused-ring (bicyclic) bond motifs is 1. The molecule has 0 aliphatic heterocycles. The predicted octanol–water partition coefficient (Wildman–Crippen LogP) is 3.88. The van der Waals surface area contributed by atoms with Gasteiger partial charge < -0.3 is 0 Å². The maximum atomic E-state index is 9.80. The number of benzene rings is 1. The summed E-state index contributed by atoms with van der Waals surface area (Å²) >= 11 is -2.77. The van der Waals surface area contributed by atoms with Crippen molar-refractivity contribution in [1.29, 1.82) is 0 Å². The van der Waals surface area contributed by atoms with Gasteiger partial charge in [-0.2, -0.15) is 0 Å². The van der Waals surface area contributed by atoms with Crippen molar-refractivity contribution in [3.63, 3.8) is 0 Å². The van der Waals surface area contributed by atoms with Crippen LogP contribution in [0, 0.1) is 5.92 Å². The van der Waals surface area contributed by atoms with E-state index >= 15 is 0 Å². The molecular weight excluding hydrogens is 261 g/mol. The summed E-state index contributed by atoms with van der Waals surface area (Å²) in [6, 6.07) is 8.53. The second kappa shape index (κ2) is 6.24. The molecule has 0 atom stereocenters. The Balaban J connectivity index is 0.000000293. The summed E-state index contributed by atoms with van der Waals surface area (Å²) in [7, 11) is 0. The van der Waals surface area contributed by atoms with Crippen LogP contribution in [0.4, 0.5) is 5.25 Å². The Morgan fingerprint density at radius 1 is 1.14 bits per heavy atom. The SMILES string of the molecule is CC[C]1C=Cc2ccccc21.[F][Zr][F]. The van der Waals surface area contributed by atoms with Crippen LogP contribution in [0.25, 0.3) is 6.08 Å². The van der Waals surface area contributed by atoms with Crippen LogP contribution < -0.4 is 0 Å². The normalized spacial score (nSPS) is 13.1. The van der Waals surface area contributed by atoms with Gasteiger partial charge in [0.25, 0.3) is 0 Å². The molecular formula is C11H11F2Zr. The first-order chi connectivity index (χ1) is 6.83. The number of rotatable bonds is 1. The van der Waals surface area contributed by atoms with Crippen molar-refractivity contribution in [2.45, 2.75) is 13.3 Å². The van der Waals surface area contributed by atoms with Gasteiger partial charge in [-0.1, -0.05) is 43.3 Å². The molecule has 1 aliphatic carbocycles. The number of hydrogen-bond acceptors (Lipinski definition) is 0. The summed E-state index contributed by atoms with van der Waals surface area (Å²) in [4.78, 5) is 0. The fourth-order valence-corrected chi connectivity index (χ4v) is 1.52. The molecule has 1 aromatic carbocycles. The van der Waals surface area contributed by atoms with Crippen LogP contribution in [0.2, 0.25) is 0 Å².